The van der Waals surface area contributed by atoms with E-state index in [0.29, 0.717) is 11.1 Å². The van der Waals surface area contributed by atoms with E-state index in [1.807, 2.05) is 4.90 Å². The van der Waals surface area contributed by atoms with Gasteiger partial charge in [0.1, 0.15) is 11.2 Å². The van der Waals surface area contributed by atoms with E-state index < -0.39 is 7.25 Å². The summed E-state index contributed by atoms with van der Waals surface area (Å²) in [7, 11) is -6.00. The fourth-order valence-corrected chi connectivity index (χ4v) is 11.0. The molecule has 1 atom stereocenters. The maximum absolute atomic E-state index is 9.75. The number of benzene rings is 1. The number of para-hydroxylation sites is 2. The Hall–Kier alpha value is -1.24. The van der Waals surface area contributed by atoms with E-state index in [2.05, 4.69) is 29.2 Å². The molecule has 8 saturated carbocycles. The first kappa shape index (κ1) is 22.0. The van der Waals surface area contributed by atoms with Crippen LogP contribution in [0.4, 0.5) is 28.6 Å². The van der Waals surface area contributed by atoms with Crippen molar-refractivity contribution in [1.82, 2.24) is 0 Å². The summed E-state index contributed by atoms with van der Waals surface area (Å²) < 4.78 is 39.0. The molecule has 8 aliphatic carbocycles. The van der Waals surface area contributed by atoms with Gasteiger partial charge in [0.05, 0.1) is 0 Å². The maximum atomic E-state index is 9.75. The van der Waals surface area contributed by atoms with Gasteiger partial charge in [-0.3, -0.25) is 4.90 Å². The molecule has 1 N–H and O–H groups in total. The van der Waals surface area contributed by atoms with Crippen LogP contribution in [0.25, 0.3) is 0 Å². The number of anilines is 1. The average Bonchev–Trinajstić information content (AvgIpc) is 3.12. The van der Waals surface area contributed by atoms with Gasteiger partial charge in [0.2, 0.25) is 0 Å². The lowest BCUT2D eigenvalue weighted by Crippen LogP contribution is -3.17. The minimum Gasteiger partial charge on any atom is -0.418 e. The van der Waals surface area contributed by atoms with Crippen LogP contribution in [-0.2, 0) is 0 Å². The molecule has 1 aromatic rings. The highest BCUT2D eigenvalue weighted by molar-refractivity contribution is 6.50. The van der Waals surface area contributed by atoms with E-state index in [-0.39, 0.29) is 0 Å². The van der Waals surface area contributed by atoms with Crippen molar-refractivity contribution in [3.05, 3.63) is 24.3 Å². The monoisotopic (exact) mass is 476 g/mol. The van der Waals surface area contributed by atoms with Gasteiger partial charge in [0.25, 0.3) is 0 Å². The number of halogens is 4. The summed E-state index contributed by atoms with van der Waals surface area (Å²) >= 11 is 0. The van der Waals surface area contributed by atoms with Crippen molar-refractivity contribution in [3.63, 3.8) is 0 Å². The van der Waals surface area contributed by atoms with Gasteiger partial charge in [-0.2, -0.15) is 0 Å². The van der Waals surface area contributed by atoms with E-state index in [1.165, 1.54) is 45.2 Å². The van der Waals surface area contributed by atoms with Crippen molar-refractivity contribution in [2.75, 3.05) is 11.6 Å². The second kappa shape index (κ2) is 7.39. The van der Waals surface area contributed by atoms with Gasteiger partial charge in [-0.1, -0.05) is 12.1 Å². The molecule has 2 nitrogen and oxygen atoms in total. The zero-order chi connectivity index (χ0) is 23.3. The van der Waals surface area contributed by atoms with E-state index in [9.17, 15) is 17.3 Å². The fourth-order valence-electron chi connectivity index (χ4n) is 11.0. The Morgan fingerprint density at radius 2 is 1.09 bits per heavy atom. The lowest BCUT2D eigenvalue weighted by molar-refractivity contribution is -0.892. The molecule has 0 saturated heterocycles. The summed E-state index contributed by atoms with van der Waals surface area (Å²) in [6.07, 6.45) is 18.4. The Balaban J connectivity index is 0.000000367. The van der Waals surface area contributed by atoms with Crippen LogP contribution in [0.2, 0.25) is 0 Å². The molecule has 34 heavy (non-hydrogen) atoms. The predicted octanol–water partition coefficient (Wildman–Crippen LogP) is 6.22. The summed E-state index contributed by atoms with van der Waals surface area (Å²) in [6.45, 7) is 1.29. The smallest absolute Gasteiger partial charge is 0.418 e. The first-order valence-corrected chi connectivity index (χ1v) is 13.8. The van der Waals surface area contributed by atoms with Gasteiger partial charge >= 0.3 is 7.25 Å². The van der Waals surface area contributed by atoms with Crippen molar-refractivity contribution in [2.45, 2.75) is 88.1 Å². The molecule has 1 aromatic carbocycles. The molecule has 0 spiro atoms. The fraction of sp³-hybridized carbons (Fsp3) is 0.778. The van der Waals surface area contributed by atoms with Crippen LogP contribution in [0.15, 0.2) is 24.3 Å². The Morgan fingerprint density at radius 3 is 1.56 bits per heavy atom. The number of rotatable bonds is 2. The SMILES string of the molecule is F[B-](F)(F)F.c1ccc2c(c1)N(C13CC4CC(CC(C4)C1)C3)C[NH+]2C12CC3CC(CC(C3)C1)C2. The van der Waals surface area contributed by atoms with Crippen LogP contribution in [0, 0.1) is 35.5 Å². The number of hydrogen-bond donors (Lipinski definition) is 1. The second-order valence-electron chi connectivity index (χ2n) is 13.4. The standard InChI is InChI=1S/C27H36N2.BF4/c1-2-4-25-24(3-1)28(26-11-18-5-19(12-26)7-20(6-18)13-26)17-29(25)27-14-21-8-22(15-27)10-23(9-21)16-27;2-1(3,4)5/h1-4,18-23H,5-17H2;/q;-1/p+1. The normalized spacial score (nSPS) is 47.5. The number of fused-ring (bicyclic) bond motifs is 1. The zero-order valence-corrected chi connectivity index (χ0v) is 20.0. The number of nitrogens with one attached hydrogen (secondary N) is 1. The van der Waals surface area contributed by atoms with Gasteiger partial charge in [-0.25, -0.2) is 0 Å². The lowest BCUT2D eigenvalue weighted by atomic mass is 9.52. The summed E-state index contributed by atoms with van der Waals surface area (Å²) in [5, 5.41) is 0. The molecule has 186 valence electrons. The minimum atomic E-state index is -6.00. The maximum Gasteiger partial charge on any atom is 0.673 e. The summed E-state index contributed by atoms with van der Waals surface area (Å²) in [5.41, 5.74) is 4.40. The molecule has 7 heteroatoms. The highest BCUT2D eigenvalue weighted by Crippen LogP contribution is 2.60. The van der Waals surface area contributed by atoms with E-state index in [1.54, 1.807) is 49.9 Å². The van der Waals surface area contributed by atoms with Crippen LogP contribution >= 0.6 is 0 Å². The highest BCUT2D eigenvalue weighted by Gasteiger charge is 2.61. The topological polar surface area (TPSA) is 7.68 Å². The molecular weight excluding hydrogens is 439 g/mol. The molecule has 0 amide bonds. The van der Waals surface area contributed by atoms with Crippen molar-refractivity contribution < 1.29 is 22.2 Å². The van der Waals surface area contributed by atoms with Gasteiger partial charge in [0, 0.05) is 30.9 Å². The first-order valence-electron chi connectivity index (χ1n) is 13.8. The number of nitrogens with zero attached hydrogens (tertiary/aromatic N) is 1. The number of quaternary nitrogens is 1. The first-order chi connectivity index (χ1) is 16.2. The van der Waals surface area contributed by atoms with E-state index in [0.717, 1.165) is 35.5 Å². The van der Waals surface area contributed by atoms with Gasteiger partial charge in [-0.05, 0) is 99.4 Å². The number of hydrogen-bond acceptors (Lipinski definition) is 1. The summed E-state index contributed by atoms with van der Waals surface area (Å²) in [5.74, 6) is 6.27. The molecule has 8 bridgehead atoms. The quantitative estimate of drug-likeness (QED) is 0.394. The van der Waals surface area contributed by atoms with Crippen molar-refractivity contribution in [1.29, 1.82) is 0 Å². The molecule has 8 fully saturated rings. The van der Waals surface area contributed by atoms with Crippen molar-refractivity contribution >= 4 is 18.6 Å². The van der Waals surface area contributed by atoms with Crippen LogP contribution in [0.3, 0.4) is 0 Å². The van der Waals surface area contributed by atoms with Gasteiger partial charge in [-0.15, -0.1) is 0 Å². The average molecular weight is 476 g/mol. The lowest BCUT2D eigenvalue weighted by Gasteiger charge is -2.60. The second-order valence-corrected chi connectivity index (χ2v) is 13.4. The highest BCUT2D eigenvalue weighted by atomic mass is 19.5. The van der Waals surface area contributed by atoms with Crippen LogP contribution in [0.5, 0.6) is 0 Å². The molecule has 1 aliphatic heterocycles. The van der Waals surface area contributed by atoms with E-state index in [4.69, 9.17) is 0 Å². The van der Waals surface area contributed by atoms with Gasteiger partial charge in [0.15, 0.2) is 12.4 Å². The molecule has 1 heterocycles. The largest absolute Gasteiger partial charge is 0.673 e. The van der Waals surface area contributed by atoms with Crippen molar-refractivity contribution in [3.8, 4) is 0 Å². The molecule has 0 radical (unpaired) electrons. The van der Waals surface area contributed by atoms with Crippen LogP contribution in [0.1, 0.15) is 77.0 Å². The predicted molar refractivity (Wildman–Crippen MR) is 126 cm³/mol. The van der Waals surface area contributed by atoms with Gasteiger partial charge < -0.3 is 22.2 Å². The summed E-state index contributed by atoms with van der Waals surface area (Å²) in [4.78, 5) is 4.92. The van der Waals surface area contributed by atoms with E-state index >= 15 is 0 Å². The molecule has 10 rings (SSSR count). The molecule has 9 aliphatic rings. The minimum absolute atomic E-state index is 0.509. The Morgan fingerprint density at radius 1 is 0.676 bits per heavy atom. The third-order valence-corrected chi connectivity index (χ3v) is 11.1. The Kier molecular flexibility index (Phi) is 4.78. The van der Waals surface area contributed by atoms with Crippen molar-refractivity contribution in [2.24, 2.45) is 35.5 Å². The molecular formula is C27H37BF4N2. The Bertz CT molecular complexity index is 817. The summed E-state index contributed by atoms with van der Waals surface area (Å²) in [6, 6.07) is 9.68. The Labute approximate surface area is 200 Å². The molecule has 0 aromatic heterocycles. The third-order valence-electron chi connectivity index (χ3n) is 11.1. The van der Waals surface area contributed by atoms with Crippen LogP contribution < -0.4 is 9.80 Å². The third kappa shape index (κ3) is 3.54. The zero-order valence-electron chi connectivity index (χ0n) is 20.0. The van der Waals surface area contributed by atoms with Crippen LogP contribution in [-0.4, -0.2) is 25.0 Å². The molecule has 1 unspecified atom stereocenters.